The van der Waals surface area contributed by atoms with Crippen molar-refractivity contribution in [1.29, 1.82) is 0 Å². The zero-order valence-electron chi connectivity index (χ0n) is 11.0. The number of hydrogen-bond donors (Lipinski definition) is 2. The molecular formula is C15H21F2NO. The first-order chi connectivity index (χ1) is 9.15. The first kappa shape index (κ1) is 14.4. The van der Waals surface area contributed by atoms with E-state index in [0.29, 0.717) is 12.5 Å². The van der Waals surface area contributed by atoms with Crippen molar-refractivity contribution in [2.24, 2.45) is 5.92 Å². The molecule has 2 nitrogen and oxygen atoms in total. The molecule has 0 spiro atoms. The Hall–Kier alpha value is -1.00. The maximum absolute atomic E-state index is 12.6. The molecule has 0 bridgehead atoms. The van der Waals surface area contributed by atoms with Crippen LogP contribution in [0.1, 0.15) is 43.2 Å². The van der Waals surface area contributed by atoms with Gasteiger partial charge in [-0.3, -0.25) is 0 Å². The number of halogens is 2. The highest BCUT2D eigenvalue weighted by Gasteiger charge is 2.19. The van der Waals surface area contributed by atoms with Crippen LogP contribution in [-0.2, 0) is 6.54 Å². The van der Waals surface area contributed by atoms with Crippen molar-refractivity contribution in [2.75, 3.05) is 6.54 Å². The Morgan fingerprint density at radius 1 is 1.32 bits per heavy atom. The van der Waals surface area contributed by atoms with Gasteiger partial charge in [-0.1, -0.05) is 24.6 Å². The Morgan fingerprint density at radius 3 is 2.89 bits per heavy atom. The zero-order chi connectivity index (χ0) is 13.7. The minimum Gasteiger partial charge on any atom is -0.393 e. The van der Waals surface area contributed by atoms with Crippen LogP contribution in [0.25, 0.3) is 0 Å². The number of aliphatic hydroxyl groups is 1. The summed E-state index contributed by atoms with van der Waals surface area (Å²) in [6.45, 7) is 1.45. The molecule has 1 fully saturated rings. The molecule has 0 amide bonds. The molecule has 1 aromatic carbocycles. The topological polar surface area (TPSA) is 32.3 Å². The summed E-state index contributed by atoms with van der Waals surface area (Å²) >= 11 is 0. The lowest BCUT2D eigenvalue weighted by Crippen LogP contribution is -2.28. The van der Waals surface area contributed by atoms with Crippen LogP contribution in [0.3, 0.4) is 0 Å². The standard InChI is InChI=1S/C15H21F2NO/c16-15(17)13-5-1-3-11(7-13)9-18-10-12-4-2-6-14(19)8-12/h1,3,5,7,12,14-15,18-19H,2,4,6,8-10H2. The van der Waals surface area contributed by atoms with Gasteiger partial charge >= 0.3 is 0 Å². The van der Waals surface area contributed by atoms with Gasteiger partial charge in [-0.15, -0.1) is 0 Å². The molecule has 1 aliphatic carbocycles. The summed E-state index contributed by atoms with van der Waals surface area (Å²) in [4.78, 5) is 0. The highest BCUT2D eigenvalue weighted by molar-refractivity contribution is 5.24. The molecule has 2 unspecified atom stereocenters. The highest BCUT2D eigenvalue weighted by atomic mass is 19.3. The number of aliphatic hydroxyl groups excluding tert-OH is 1. The van der Waals surface area contributed by atoms with Crippen molar-refractivity contribution < 1.29 is 13.9 Å². The Labute approximate surface area is 112 Å². The first-order valence-corrected chi connectivity index (χ1v) is 6.91. The second-order valence-electron chi connectivity index (χ2n) is 5.36. The average Bonchev–Trinajstić information content (AvgIpc) is 2.39. The van der Waals surface area contributed by atoms with E-state index in [0.717, 1.165) is 37.8 Å². The second-order valence-corrected chi connectivity index (χ2v) is 5.36. The summed E-state index contributed by atoms with van der Waals surface area (Å²) in [5.74, 6) is 0.502. The molecule has 1 aliphatic rings. The molecule has 0 radical (unpaired) electrons. The van der Waals surface area contributed by atoms with Gasteiger partial charge < -0.3 is 10.4 Å². The van der Waals surface area contributed by atoms with Crippen LogP contribution < -0.4 is 5.32 Å². The van der Waals surface area contributed by atoms with E-state index < -0.39 is 6.43 Å². The Morgan fingerprint density at radius 2 is 2.16 bits per heavy atom. The van der Waals surface area contributed by atoms with Gasteiger partial charge in [-0.25, -0.2) is 8.78 Å². The maximum atomic E-state index is 12.6. The minimum atomic E-state index is -2.41. The molecule has 1 saturated carbocycles. The Bertz CT molecular complexity index is 397. The van der Waals surface area contributed by atoms with Crippen molar-refractivity contribution in [3.8, 4) is 0 Å². The number of rotatable bonds is 5. The molecule has 1 aromatic rings. The number of hydrogen-bond acceptors (Lipinski definition) is 2. The van der Waals surface area contributed by atoms with E-state index in [1.807, 2.05) is 6.07 Å². The van der Waals surface area contributed by atoms with E-state index in [1.165, 1.54) is 6.07 Å². The molecule has 0 heterocycles. The van der Waals surface area contributed by atoms with Crippen molar-refractivity contribution in [3.63, 3.8) is 0 Å². The van der Waals surface area contributed by atoms with Gasteiger partial charge in [0, 0.05) is 12.1 Å². The van der Waals surface area contributed by atoms with Gasteiger partial charge in [0.15, 0.2) is 0 Å². The molecule has 0 saturated heterocycles. The van der Waals surface area contributed by atoms with Gasteiger partial charge in [0.2, 0.25) is 0 Å². The predicted octanol–water partition coefficient (Wildman–Crippen LogP) is 3.26. The third-order valence-corrected chi connectivity index (χ3v) is 3.72. The third kappa shape index (κ3) is 4.55. The van der Waals surface area contributed by atoms with Crippen molar-refractivity contribution in [2.45, 2.75) is 44.8 Å². The van der Waals surface area contributed by atoms with E-state index in [-0.39, 0.29) is 11.7 Å². The van der Waals surface area contributed by atoms with Gasteiger partial charge in [0.05, 0.1) is 6.10 Å². The number of alkyl halides is 2. The number of benzene rings is 1. The molecule has 19 heavy (non-hydrogen) atoms. The summed E-state index contributed by atoms with van der Waals surface area (Å²) < 4.78 is 25.1. The van der Waals surface area contributed by atoms with Gasteiger partial charge in [0.25, 0.3) is 6.43 Å². The fourth-order valence-corrected chi connectivity index (χ4v) is 2.71. The van der Waals surface area contributed by atoms with Crippen LogP contribution in [0.5, 0.6) is 0 Å². The normalized spacial score (nSPS) is 23.8. The van der Waals surface area contributed by atoms with Crippen LogP contribution in [0.4, 0.5) is 8.78 Å². The molecule has 2 rings (SSSR count). The minimum absolute atomic E-state index is 0.0763. The molecular weight excluding hydrogens is 248 g/mol. The fraction of sp³-hybridized carbons (Fsp3) is 0.600. The summed E-state index contributed by atoms with van der Waals surface area (Å²) in [6.07, 6.45) is 1.41. The summed E-state index contributed by atoms with van der Waals surface area (Å²) in [6, 6.07) is 6.52. The lowest BCUT2D eigenvalue weighted by molar-refractivity contribution is 0.101. The summed E-state index contributed by atoms with van der Waals surface area (Å²) in [7, 11) is 0. The lowest BCUT2D eigenvalue weighted by Gasteiger charge is -2.26. The maximum Gasteiger partial charge on any atom is 0.263 e. The quantitative estimate of drug-likeness (QED) is 0.860. The summed E-state index contributed by atoms with van der Waals surface area (Å²) in [5, 5.41) is 12.9. The largest absolute Gasteiger partial charge is 0.393 e. The van der Waals surface area contributed by atoms with Crippen molar-refractivity contribution in [1.82, 2.24) is 5.32 Å². The van der Waals surface area contributed by atoms with Crippen molar-refractivity contribution >= 4 is 0 Å². The second kappa shape index (κ2) is 6.96. The average molecular weight is 269 g/mol. The van der Waals surface area contributed by atoms with E-state index >= 15 is 0 Å². The van der Waals surface area contributed by atoms with E-state index in [4.69, 9.17) is 0 Å². The van der Waals surface area contributed by atoms with E-state index in [1.54, 1.807) is 12.1 Å². The van der Waals surface area contributed by atoms with E-state index in [2.05, 4.69) is 5.32 Å². The number of nitrogens with one attached hydrogen (secondary N) is 1. The third-order valence-electron chi connectivity index (χ3n) is 3.72. The molecule has 106 valence electrons. The fourth-order valence-electron chi connectivity index (χ4n) is 2.71. The van der Waals surface area contributed by atoms with Gasteiger partial charge in [-0.2, -0.15) is 0 Å². The lowest BCUT2D eigenvalue weighted by atomic mass is 9.87. The van der Waals surface area contributed by atoms with Crippen LogP contribution in [0, 0.1) is 5.92 Å². The molecule has 0 aliphatic heterocycles. The smallest absolute Gasteiger partial charge is 0.263 e. The van der Waals surface area contributed by atoms with Crippen LogP contribution in [0.2, 0.25) is 0 Å². The van der Waals surface area contributed by atoms with Crippen molar-refractivity contribution in [3.05, 3.63) is 35.4 Å². The molecule has 4 heteroatoms. The summed E-state index contributed by atoms with van der Waals surface area (Å²) in [5.41, 5.74) is 0.960. The van der Waals surface area contributed by atoms with Crippen LogP contribution in [0.15, 0.2) is 24.3 Å². The van der Waals surface area contributed by atoms with Crippen LogP contribution in [-0.4, -0.2) is 17.8 Å². The first-order valence-electron chi connectivity index (χ1n) is 6.91. The Balaban J connectivity index is 1.77. The Kier molecular flexibility index (Phi) is 5.28. The molecule has 0 aromatic heterocycles. The molecule has 2 atom stereocenters. The zero-order valence-corrected chi connectivity index (χ0v) is 11.0. The van der Waals surface area contributed by atoms with E-state index in [9.17, 15) is 13.9 Å². The van der Waals surface area contributed by atoms with Crippen LogP contribution >= 0.6 is 0 Å². The SMILES string of the molecule is OC1CCCC(CNCc2cccc(C(F)F)c2)C1. The predicted molar refractivity (Wildman–Crippen MR) is 71.1 cm³/mol. The van der Waals surface area contributed by atoms with Gasteiger partial charge in [-0.05, 0) is 43.4 Å². The molecule has 2 N–H and O–H groups in total. The van der Waals surface area contributed by atoms with Gasteiger partial charge in [0.1, 0.15) is 0 Å². The monoisotopic (exact) mass is 269 g/mol. The highest BCUT2D eigenvalue weighted by Crippen LogP contribution is 2.23.